The molecule has 1 fully saturated rings. The Morgan fingerprint density at radius 3 is 2.50 bits per heavy atom. The summed E-state index contributed by atoms with van der Waals surface area (Å²) in [7, 11) is 0. The topological polar surface area (TPSA) is 69.6 Å². The van der Waals surface area contributed by atoms with Crippen molar-refractivity contribution in [2.24, 2.45) is 11.8 Å². The van der Waals surface area contributed by atoms with E-state index in [2.05, 4.69) is 19.2 Å². The van der Waals surface area contributed by atoms with E-state index >= 15 is 0 Å². The maximum Gasteiger partial charge on any atom is 0.308 e. The van der Waals surface area contributed by atoms with Crippen LogP contribution in [0.15, 0.2) is 0 Å². The van der Waals surface area contributed by atoms with Gasteiger partial charge in [0.15, 0.2) is 0 Å². The molecule has 0 aliphatic heterocycles. The Morgan fingerprint density at radius 1 is 1.50 bits per heavy atom. The Hall–Kier alpha value is -0.610. The zero-order valence-corrected chi connectivity index (χ0v) is 10.4. The van der Waals surface area contributed by atoms with Crippen LogP contribution in [0.4, 0.5) is 0 Å². The molecule has 3 atom stereocenters. The summed E-state index contributed by atoms with van der Waals surface area (Å²) < 4.78 is 0. The standard InChI is InChI=1S/C12H23NO3/c1-8(2)6-12(3,16)7-13-10-5-4-9(10)11(14)15/h8-10,13,16H,4-7H2,1-3H3,(H,14,15). The number of carbonyl (C=O) groups is 1. The monoisotopic (exact) mass is 229 g/mol. The van der Waals surface area contributed by atoms with Crippen LogP contribution < -0.4 is 5.32 Å². The Labute approximate surface area is 97.0 Å². The van der Waals surface area contributed by atoms with Crippen LogP contribution in [0.25, 0.3) is 0 Å². The fourth-order valence-corrected chi connectivity index (χ4v) is 2.34. The van der Waals surface area contributed by atoms with Gasteiger partial charge >= 0.3 is 5.97 Å². The van der Waals surface area contributed by atoms with E-state index in [1.807, 2.05) is 0 Å². The molecule has 1 rings (SSSR count). The lowest BCUT2D eigenvalue weighted by molar-refractivity contribution is -0.146. The molecular weight excluding hydrogens is 206 g/mol. The first-order chi connectivity index (χ1) is 7.32. The zero-order chi connectivity index (χ0) is 12.3. The predicted molar refractivity (Wildman–Crippen MR) is 62.2 cm³/mol. The van der Waals surface area contributed by atoms with Crippen LogP contribution in [0.1, 0.15) is 40.0 Å². The van der Waals surface area contributed by atoms with E-state index in [4.69, 9.17) is 5.11 Å². The number of aliphatic hydroxyl groups is 1. The molecule has 0 radical (unpaired) electrons. The molecule has 94 valence electrons. The first kappa shape index (κ1) is 13.5. The summed E-state index contributed by atoms with van der Waals surface area (Å²) in [5, 5.41) is 22.1. The summed E-state index contributed by atoms with van der Waals surface area (Å²) in [5.74, 6) is -0.560. The molecule has 0 aromatic rings. The minimum absolute atomic E-state index is 0.0381. The molecular formula is C12H23NO3. The van der Waals surface area contributed by atoms with E-state index in [0.29, 0.717) is 12.5 Å². The average Bonchev–Trinajstić information content (AvgIpc) is 1.97. The lowest BCUT2D eigenvalue weighted by atomic mass is 9.79. The van der Waals surface area contributed by atoms with Gasteiger partial charge in [-0.05, 0) is 32.1 Å². The summed E-state index contributed by atoms with van der Waals surface area (Å²) in [6.07, 6.45) is 2.37. The number of hydrogen-bond acceptors (Lipinski definition) is 3. The van der Waals surface area contributed by atoms with Crippen molar-refractivity contribution in [1.29, 1.82) is 0 Å². The van der Waals surface area contributed by atoms with Crippen molar-refractivity contribution >= 4 is 5.97 Å². The largest absolute Gasteiger partial charge is 0.481 e. The van der Waals surface area contributed by atoms with Crippen molar-refractivity contribution in [3.63, 3.8) is 0 Å². The maximum atomic E-state index is 10.8. The van der Waals surface area contributed by atoms with Gasteiger partial charge < -0.3 is 15.5 Å². The quantitative estimate of drug-likeness (QED) is 0.641. The van der Waals surface area contributed by atoms with E-state index in [0.717, 1.165) is 19.3 Å². The molecule has 16 heavy (non-hydrogen) atoms. The van der Waals surface area contributed by atoms with Crippen molar-refractivity contribution in [2.45, 2.75) is 51.7 Å². The van der Waals surface area contributed by atoms with E-state index in [1.165, 1.54) is 0 Å². The van der Waals surface area contributed by atoms with Gasteiger partial charge in [-0.2, -0.15) is 0 Å². The second-order valence-electron chi connectivity index (χ2n) is 5.60. The van der Waals surface area contributed by atoms with Crippen molar-refractivity contribution in [3.8, 4) is 0 Å². The SMILES string of the molecule is CC(C)CC(C)(O)CNC1CCC1C(=O)O. The van der Waals surface area contributed by atoms with Gasteiger partial charge in [-0.15, -0.1) is 0 Å². The molecule has 0 heterocycles. The molecule has 0 spiro atoms. The van der Waals surface area contributed by atoms with Gasteiger partial charge in [0.05, 0.1) is 11.5 Å². The minimum Gasteiger partial charge on any atom is -0.481 e. The summed E-state index contributed by atoms with van der Waals surface area (Å²) in [6, 6.07) is 0.0381. The number of nitrogens with one attached hydrogen (secondary N) is 1. The molecule has 0 amide bonds. The lowest BCUT2D eigenvalue weighted by Crippen LogP contribution is -2.52. The minimum atomic E-state index is -0.743. The average molecular weight is 229 g/mol. The van der Waals surface area contributed by atoms with Crippen LogP contribution >= 0.6 is 0 Å². The highest BCUT2D eigenvalue weighted by atomic mass is 16.4. The Bertz CT molecular complexity index is 251. The normalized spacial score (nSPS) is 28.6. The number of carboxylic acid groups (broad SMARTS) is 1. The van der Waals surface area contributed by atoms with Gasteiger partial charge in [-0.25, -0.2) is 0 Å². The van der Waals surface area contributed by atoms with Gasteiger partial charge in [0, 0.05) is 12.6 Å². The van der Waals surface area contributed by atoms with E-state index in [-0.39, 0.29) is 12.0 Å². The molecule has 0 bridgehead atoms. The zero-order valence-electron chi connectivity index (χ0n) is 10.4. The van der Waals surface area contributed by atoms with Crippen LogP contribution in [0.3, 0.4) is 0 Å². The van der Waals surface area contributed by atoms with Crippen molar-refractivity contribution in [3.05, 3.63) is 0 Å². The maximum absolute atomic E-state index is 10.8. The van der Waals surface area contributed by atoms with E-state index in [1.54, 1.807) is 6.92 Å². The van der Waals surface area contributed by atoms with Crippen LogP contribution in [0, 0.1) is 11.8 Å². The van der Waals surface area contributed by atoms with Gasteiger partial charge in [0.2, 0.25) is 0 Å². The smallest absolute Gasteiger partial charge is 0.308 e. The second-order valence-corrected chi connectivity index (χ2v) is 5.60. The third-order valence-corrected chi connectivity index (χ3v) is 3.18. The van der Waals surface area contributed by atoms with Crippen LogP contribution in [0.5, 0.6) is 0 Å². The summed E-state index contributed by atoms with van der Waals surface area (Å²) in [4.78, 5) is 10.8. The number of hydrogen-bond donors (Lipinski definition) is 3. The Kier molecular flexibility index (Phi) is 4.33. The predicted octanol–water partition coefficient (Wildman–Crippen LogP) is 1.24. The fraction of sp³-hybridized carbons (Fsp3) is 0.917. The summed E-state index contributed by atoms with van der Waals surface area (Å²) >= 11 is 0. The first-order valence-electron chi connectivity index (χ1n) is 6.00. The summed E-state index contributed by atoms with van der Waals surface area (Å²) in [5.41, 5.74) is -0.743. The van der Waals surface area contributed by atoms with Crippen LogP contribution in [-0.4, -0.2) is 34.4 Å². The third kappa shape index (κ3) is 3.76. The number of carboxylic acids is 1. The molecule has 3 N–H and O–H groups in total. The second kappa shape index (κ2) is 5.15. The van der Waals surface area contributed by atoms with Crippen molar-refractivity contribution < 1.29 is 15.0 Å². The third-order valence-electron chi connectivity index (χ3n) is 3.18. The number of rotatable bonds is 6. The molecule has 0 aromatic heterocycles. The van der Waals surface area contributed by atoms with E-state index < -0.39 is 11.6 Å². The molecule has 0 saturated heterocycles. The first-order valence-corrected chi connectivity index (χ1v) is 6.00. The van der Waals surface area contributed by atoms with Crippen molar-refractivity contribution in [2.75, 3.05) is 6.54 Å². The molecule has 1 aliphatic carbocycles. The van der Waals surface area contributed by atoms with Gasteiger partial charge in [0.25, 0.3) is 0 Å². The molecule has 4 nitrogen and oxygen atoms in total. The molecule has 0 aromatic carbocycles. The lowest BCUT2D eigenvalue weighted by Gasteiger charge is -2.37. The highest BCUT2D eigenvalue weighted by molar-refractivity contribution is 5.72. The van der Waals surface area contributed by atoms with E-state index in [9.17, 15) is 9.90 Å². The number of aliphatic carboxylic acids is 1. The Balaban J connectivity index is 2.31. The van der Waals surface area contributed by atoms with Crippen LogP contribution in [0.2, 0.25) is 0 Å². The van der Waals surface area contributed by atoms with Crippen molar-refractivity contribution in [1.82, 2.24) is 5.32 Å². The van der Waals surface area contributed by atoms with Crippen LogP contribution in [-0.2, 0) is 4.79 Å². The fourth-order valence-electron chi connectivity index (χ4n) is 2.34. The van der Waals surface area contributed by atoms with Gasteiger partial charge in [0.1, 0.15) is 0 Å². The molecule has 1 aliphatic rings. The van der Waals surface area contributed by atoms with Gasteiger partial charge in [-0.1, -0.05) is 13.8 Å². The molecule has 1 saturated carbocycles. The highest BCUT2D eigenvalue weighted by Gasteiger charge is 2.37. The molecule has 3 unspecified atom stereocenters. The molecule has 4 heteroatoms. The van der Waals surface area contributed by atoms with Gasteiger partial charge in [-0.3, -0.25) is 4.79 Å². The highest BCUT2D eigenvalue weighted by Crippen LogP contribution is 2.28. The Morgan fingerprint density at radius 2 is 2.12 bits per heavy atom. The summed E-state index contributed by atoms with van der Waals surface area (Å²) in [6.45, 7) is 6.41.